The molecule has 0 radical (unpaired) electrons. The summed E-state index contributed by atoms with van der Waals surface area (Å²) < 4.78 is 68.5. The number of aliphatic hydroxyl groups excluding tert-OH is 1. The average Bonchev–Trinajstić information content (AvgIpc) is 0.909. The van der Waals surface area contributed by atoms with E-state index < -0.39 is 97.5 Å². The second-order valence-corrected chi connectivity index (χ2v) is 29.9. The molecule has 17 nitrogen and oxygen atoms in total. The van der Waals surface area contributed by atoms with Crippen LogP contribution < -0.4 is 0 Å². The van der Waals surface area contributed by atoms with Gasteiger partial charge in [0.1, 0.15) is 19.3 Å². The largest absolute Gasteiger partial charge is 0.472 e. The van der Waals surface area contributed by atoms with Crippen LogP contribution in [0.3, 0.4) is 0 Å². The van der Waals surface area contributed by atoms with Crippen molar-refractivity contribution < 1.29 is 80.2 Å². The van der Waals surface area contributed by atoms with E-state index in [0.29, 0.717) is 38.5 Å². The molecule has 2 unspecified atom stereocenters. The van der Waals surface area contributed by atoms with Crippen LogP contribution in [0.5, 0.6) is 0 Å². The lowest BCUT2D eigenvalue weighted by atomic mass is 10.0. The summed E-state index contributed by atoms with van der Waals surface area (Å²) in [6, 6.07) is 0. The zero-order chi connectivity index (χ0) is 74.6. The number of carbonyl (C=O) groups excluding carboxylic acids is 4. The van der Waals surface area contributed by atoms with Gasteiger partial charge in [-0.05, 0) is 103 Å². The van der Waals surface area contributed by atoms with Gasteiger partial charge in [0.25, 0.3) is 0 Å². The first-order valence-electron chi connectivity index (χ1n) is 40.5. The minimum atomic E-state index is -4.99. The predicted molar refractivity (Wildman–Crippen MR) is 418 cm³/mol. The first-order valence-corrected chi connectivity index (χ1v) is 43.5. The first-order chi connectivity index (χ1) is 49.7. The first kappa shape index (κ1) is 98.0. The van der Waals surface area contributed by atoms with E-state index in [9.17, 15) is 43.2 Å². The van der Waals surface area contributed by atoms with Crippen LogP contribution >= 0.6 is 15.6 Å². The van der Waals surface area contributed by atoms with Gasteiger partial charge in [0.15, 0.2) is 12.2 Å². The number of hydrogen-bond acceptors (Lipinski definition) is 15. The summed E-state index contributed by atoms with van der Waals surface area (Å²) in [7, 11) is -9.98. The minimum Gasteiger partial charge on any atom is -0.462 e. The summed E-state index contributed by atoms with van der Waals surface area (Å²) in [5.41, 5.74) is 0. The number of phosphoric acid groups is 2. The van der Waals surface area contributed by atoms with Crippen LogP contribution in [0.15, 0.2) is 97.2 Å². The lowest BCUT2D eigenvalue weighted by Crippen LogP contribution is -2.30. The Morgan fingerprint density at radius 3 is 0.784 bits per heavy atom. The van der Waals surface area contributed by atoms with Crippen molar-refractivity contribution in [2.24, 2.45) is 0 Å². The highest BCUT2D eigenvalue weighted by atomic mass is 31.2. The highest BCUT2D eigenvalue weighted by molar-refractivity contribution is 7.47. The van der Waals surface area contributed by atoms with Crippen molar-refractivity contribution in [1.29, 1.82) is 0 Å². The van der Waals surface area contributed by atoms with E-state index in [4.69, 9.17) is 37.0 Å². The summed E-state index contributed by atoms with van der Waals surface area (Å²) in [6.07, 6.45) is 79.7. The Balaban J connectivity index is 5.42. The smallest absolute Gasteiger partial charge is 0.462 e. The van der Waals surface area contributed by atoms with Gasteiger partial charge in [-0.15, -0.1) is 0 Å². The van der Waals surface area contributed by atoms with Crippen LogP contribution in [0, 0.1) is 0 Å². The second-order valence-electron chi connectivity index (χ2n) is 27.0. The Morgan fingerprint density at radius 1 is 0.275 bits per heavy atom. The van der Waals surface area contributed by atoms with Crippen molar-refractivity contribution in [2.75, 3.05) is 39.6 Å². The van der Waals surface area contributed by atoms with Gasteiger partial charge in [0.05, 0.1) is 26.4 Å². The molecular formula is C83H146O17P2. The normalized spacial score (nSPS) is 14.4. The van der Waals surface area contributed by atoms with Gasteiger partial charge in [-0.3, -0.25) is 37.3 Å². The number of rotatable bonds is 76. The molecule has 5 atom stereocenters. The van der Waals surface area contributed by atoms with Crippen LogP contribution in [0.4, 0.5) is 0 Å². The molecule has 19 heteroatoms. The molecule has 0 fully saturated rings. The van der Waals surface area contributed by atoms with Gasteiger partial charge in [0, 0.05) is 25.7 Å². The molecule has 0 amide bonds. The van der Waals surface area contributed by atoms with Gasteiger partial charge < -0.3 is 33.8 Å². The monoisotopic (exact) mass is 1480 g/mol. The fourth-order valence-corrected chi connectivity index (χ4v) is 12.4. The van der Waals surface area contributed by atoms with Crippen molar-refractivity contribution in [3.63, 3.8) is 0 Å². The molecule has 102 heavy (non-hydrogen) atoms. The van der Waals surface area contributed by atoms with Crippen LogP contribution in [0.1, 0.15) is 349 Å². The Kier molecular flexibility index (Phi) is 72.3. The maximum absolute atomic E-state index is 13.1. The summed E-state index contributed by atoms with van der Waals surface area (Å²) in [6.45, 7) is 4.74. The minimum absolute atomic E-state index is 0.0204. The standard InChI is InChI=1S/C83H146O17P2/c1-5-9-13-17-21-25-29-33-36-38-41-45-48-52-56-60-64-68-81(86)94-73-78(99-82(87)69-65-61-57-53-49-43-32-28-24-20-16-12-8-4)75-97-101(89,90)95-71-77(84)72-96-102(91,92)98-76-79(74-93-80(85)67-63-59-55-51-47-44-40-35-31-27-23-19-15-11-7-3)100-83(88)70-66-62-58-54-50-46-42-39-37-34-30-26-22-18-14-10-6-2/h21-22,25-26,33-34,36-37,41-42,45-46,52,54,56,58,77-79,84H,5-20,23-24,27-32,35,38-40,43-44,47-51,53,55,57,59-76H2,1-4H3,(H,89,90)(H,91,92)/b25-21-,26-22-,36-33-,37-34-,45-41-,46-42-,56-52-,58-54-/t77-,78+,79+/m0/s1. The van der Waals surface area contributed by atoms with E-state index >= 15 is 0 Å². The summed E-state index contributed by atoms with van der Waals surface area (Å²) in [4.78, 5) is 73.0. The van der Waals surface area contributed by atoms with Gasteiger partial charge in [-0.1, -0.05) is 318 Å². The van der Waals surface area contributed by atoms with Crippen molar-refractivity contribution in [3.8, 4) is 0 Å². The molecule has 0 saturated heterocycles. The van der Waals surface area contributed by atoms with E-state index in [1.54, 1.807) is 0 Å². The molecule has 0 aromatic rings. The third-order valence-electron chi connectivity index (χ3n) is 17.1. The van der Waals surface area contributed by atoms with Gasteiger partial charge in [-0.2, -0.15) is 0 Å². The highest BCUT2D eigenvalue weighted by Crippen LogP contribution is 2.45. The van der Waals surface area contributed by atoms with Crippen molar-refractivity contribution in [2.45, 2.75) is 367 Å². The van der Waals surface area contributed by atoms with E-state index in [-0.39, 0.29) is 25.7 Å². The molecule has 0 rings (SSSR count). The van der Waals surface area contributed by atoms with Gasteiger partial charge in [-0.25, -0.2) is 9.13 Å². The molecule has 0 spiro atoms. The van der Waals surface area contributed by atoms with Crippen LogP contribution in [-0.4, -0.2) is 96.7 Å². The third-order valence-corrected chi connectivity index (χ3v) is 19.0. The Bertz CT molecular complexity index is 2310. The molecule has 0 heterocycles. The highest BCUT2D eigenvalue weighted by Gasteiger charge is 2.30. The molecule has 0 aromatic carbocycles. The molecule has 0 aliphatic carbocycles. The molecule has 0 aliphatic rings. The van der Waals surface area contributed by atoms with Crippen molar-refractivity contribution >= 4 is 39.5 Å². The number of esters is 4. The zero-order valence-corrected chi connectivity index (χ0v) is 66.3. The van der Waals surface area contributed by atoms with E-state index in [1.807, 2.05) is 24.3 Å². The Hall–Kier alpha value is -4.02. The zero-order valence-electron chi connectivity index (χ0n) is 64.5. The summed E-state index contributed by atoms with van der Waals surface area (Å²) in [5, 5.41) is 10.6. The Morgan fingerprint density at radius 2 is 0.490 bits per heavy atom. The van der Waals surface area contributed by atoms with E-state index in [0.717, 1.165) is 96.3 Å². The molecular weight excluding hydrogens is 1330 g/mol. The van der Waals surface area contributed by atoms with E-state index in [1.165, 1.54) is 161 Å². The number of aliphatic hydroxyl groups is 1. The maximum atomic E-state index is 13.1. The number of unbranched alkanes of at least 4 members (excludes halogenated alkanes) is 34. The van der Waals surface area contributed by atoms with Crippen LogP contribution in [-0.2, 0) is 65.4 Å². The molecule has 0 aromatic heterocycles. The molecule has 3 N–H and O–H groups in total. The molecule has 0 aliphatic heterocycles. The van der Waals surface area contributed by atoms with Crippen molar-refractivity contribution in [3.05, 3.63) is 97.2 Å². The SMILES string of the molecule is CCCCC/C=C\C/C=C\C/C=C\C/C=C\CCCC(=O)OC[C@H](COP(=O)(O)OC[C@H](O)COP(=O)(O)OC[C@@H](COC(=O)CCCCCCCCCCCCCCCCC)OC(=O)CCC/C=C\C/C=C\C/C=C\C/C=C\CCCCC)OC(=O)CCCCCCCCCCCCCCC. The van der Waals surface area contributed by atoms with Gasteiger partial charge >= 0.3 is 39.5 Å². The molecule has 0 bridgehead atoms. The van der Waals surface area contributed by atoms with E-state index in [2.05, 4.69) is 101 Å². The van der Waals surface area contributed by atoms with Crippen LogP contribution in [0.25, 0.3) is 0 Å². The number of ether oxygens (including phenoxy) is 4. The van der Waals surface area contributed by atoms with Crippen LogP contribution in [0.2, 0.25) is 0 Å². The molecule has 590 valence electrons. The topological polar surface area (TPSA) is 237 Å². The number of hydrogen-bond donors (Lipinski definition) is 3. The lowest BCUT2D eigenvalue weighted by molar-refractivity contribution is -0.161. The summed E-state index contributed by atoms with van der Waals surface area (Å²) >= 11 is 0. The number of allylic oxidation sites excluding steroid dienone is 16. The fourth-order valence-electron chi connectivity index (χ4n) is 10.9. The second kappa shape index (κ2) is 75.2. The maximum Gasteiger partial charge on any atom is 0.472 e. The quantitative estimate of drug-likeness (QED) is 0.0169. The summed E-state index contributed by atoms with van der Waals surface area (Å²) in [5.74, 6) is -2.28. The fraction of sp³-hybridized carbons (Fsp3) is 0.759. The predicted octanol–water partition coefficient (Wildman–Crippen LogP) is 23.6. The Labute approximate surface area is 620 Å². The number of phosphoric ester groups is 2. The third kappa shape index (κ3) is 74.3. The van der Waals surface area contributed by atoms with Gasteiger partial charge in [0.2, 0.25) is 0 Å². The number of carbonyl (C=O) groups is 4. The molecule has 0 saturated carbocycles. The lowest BCUT2D eigenvalue weighted by Gasteiger charge is -2.21. The average molecular weight is 1480 g/mol. The van der Waals surface area contributed by atoms with Crippen molar-refractivity contribution in [1.82, 2.24) is 0 Å².